The highest BCUT2D eigenvalue weighted by atomic mass is 19.4. The van der Waals surface area contributed by atoms with Crippen LogP contribution in [0.5, 0.6) is 0 Å². The van der Waals surface area contributed by atoms with E-state index in [0.717, 1.165) is 12.1 Å². The third-order valence-electron chi connectivity index (χ3n) is 3.77. The average Bonchev–Trinajstić information content (AvgIpc) is 2.54. The molecule has 1 heterocycles. The highest BCUT2D eigenvalue weighted by Gasteiger charge is 2.34. The zero-order valence-electron chi connectivity index (χ0n) is 13.1. The molecule has 0 atom stereocenters. The Hall–Kier alpha value is -2.90. The lowest BCUT2D eigenvalue weighted by Crippen LogP contribution is -2.43. The van der Waals surface area contributed by atoms with Crippen LogP contribution in [-0.2, 0) is 11.0 Å². The fourth-order valence-electron chi connectivity index (χ4n) is 2.61. The summed E-state index contributed by atoms with van der Waals surface area (Å²) in [5.74, 6) is -0.688. The van der Waals surface area contributed by atoms with Crippen molar-refractivity contribution in [1.82, 2.24) is 10.3 Å². The second kappa shape index (κ2) is 6.19. The van der Waals surface area contributed by atoms with Crippen molar-refractivity contribution in [2.45, 2.75) is 6.18 Å². The minimum Gasteiger partial charge on any atom is -0.348 e. The Morgan fingerprint density at radius 2 is 1.72 bits per heavy atom. The molecule has 0 aliphatic carbocycles. The minimum atomic E-state index is -4.66. The normalized spacial score (nSPS) is 15.0. The zero-order chi connectivity index (χ0) is 18.2. The van der Waals surface area contributed by atoms with Gasteiger partial charge in [0.1, 0.15) is 5.82 Å². The fraction of sp³-hybridized carbons (Fsp3) is 0.176. The van der Waals surface area contributed by atoms with Crippen LogP contribution < -0.4 is 5.43 Å². The van der Waals surface area contributed by atoms with E-state index in [-0.39, 0.29) is 18.0 Å². The van der Waals surface area contributed by atoms with Crippen LogP contribution in [0, 0.1) is 5.82 Å². The summed E-state index contributed by atoms with van der Waals surface area (Å²) in [5, 5.41) is 3.95. The summed E-state index contributed by atoms with van der Waals surface area (Å²) in [6.07, 6.45) is -4.66. The molecule has 0 spiro atoms. The summed E-state index contributed by atoms with van der Waals surface area (Å²) in [5.41, 5.74) is 2.17. The number of rotatable bonds is 2. The van der Waals surface area contributed by atoms with Crippen molar-refractivity contribution in [2.75, 3.05) is 13.6 Å². The van der Waals surface area contributed by atoms with Crippen LogP contribution in [-0.4, -0.2) is 30.2 Å². The monoisotopic (exact) mass is 351 g/mol. The van der Waals surface area contributed by atoms with Crippen molar-refractivity contribution in [3.8, 4) is 11.1 Å². The standard InChI is InChI=1S/C17H13F4N3O/c1-24-9-15(25)22-23-16(24)11-4-2-10(3-5-11)13-7-6-12(18)8-14(13)17(19,20)21/h2-8H,9H2,1H3,(H,22,25). The molecule has 0 saturated carbocycles. The van der Waals surface area contributed by atoms with Gasteiger partial charge in [-0.2, -0.15) is 18.3 Å². The van der Waals surface area contributed by atoms with Gasteiger partial charge in [0.15, 0.2) is 5.84 Å². The van der Waals surface area contributed by atoms with Crippen LogP contribution in [0.1, 0.15) is 11.1 Å². The molecular weight excluding hydrogens is 338 g/mol. The number of nitrogens with one attached hydrogen (secondary N) is 1. The summed E-state index contributed by atoms with van der Waals surface area (Å²) in [4.78, 5) is 12.9. The Bertz CT molecular complexity index is 844. The van der Waals surface area contributed by atoms with E-state index >= 15 is 0 Å². The first-order valence-corrected chi connectivity index (χ1v) is 7.31. The average molecular weight is 351 g/mol. The van der Waals surface area contributed by atoms with Gasteiger partial charge in [-0.3, -0.25) is 4.79 Å². The number of hydrazone groups is 1. The Labute approximate surface area is 140 Å². The molecule has 25 heavy (non-hydrogen) atoms. The summed E-state index contributed by atoms with van der Waals surface area (Å²) >= 11 is 0. The van der Waals surface area contributed by atoms with Gasteiger partial charge >= 0.3 is 6.18 Å². The molecule has 0 fully saturated rings. The molecule has 1 amide bonds. The van der Waals surface area contributed by atoms with Crippen molar-refractivity contribution in [1.29, 1.82) is 0 Å². The third kappa shape index (κ3) is 3.47. The first kappa shape index (κ1) is 16.9. The van der Waals surface area contributed by atoms with Crippen LogP contribution in [0.15, 0.2) is 47.6 Å². The first-order valence-electron chi connectivity index (χ1n) is 7.31. The number of amides is 1. The summed E-state index contributed by atoms with van der Waals surface area (Å²) < 4.78 is 52.6. The van der Waals surface area contributed by atoms with Gasteiger partial charge < -0.3 is 4.90 Å². The van der Waals surface area contributed by atoms with E-state index in [1.165, 1.54) is 12.1 Å². The molecule has 1 N–H and O–H groups in total. The lowest BCUT2D eigenvalue weighted by atomic mass is 9.98. The van der Waals surface area contributed by atoms with E-state index < -0.39 is 17.6 Å². The maximum atomic E-state index is 13.2. The predicted octanol–water partition coefficient (Wildman–Crippen LogP) is 3.23. The molecule has 0 aromatic heterocycles. The van der Waals surface area contributed by atoms with E-state index in [2.05, 4.69) is 10.5 Å². The van der Waals surface area contributed by atoms with Crippen molar-refractivity contribution < 1.29 is 22.4 Å². The number of amidine groups is 1. The maximum absolute atomic E-state index is 13.2. The van der Waals surface area contributed by atoms with Crippen molar-refractivity contribution in [3.05, 3.63) is 59.4 Å². The van der Waals surface area contributed by atoms with Crippen LogP contribution in [0.25, 0.3) is 11.1 Å². The largest absolute Gasteiger partial charge is 0.417 e. The first-order chi connectivity index (χ1) is 11.8. The third-order valence-corrected chi connectivity index (χ3v) is 3.77. The number of halogens is 4. The van der Waals surface area contributed by atoms with Crippen LogP contribution in [0.2, 0.25) is 0 Å². The predicted molar refractivity (Wildman–Crippen MR) is 84.1 cm³/mol. The lowest BCUT2D eigenvalue weighted by Gasteiger charge is -2.24. The molecule has 0 saturated heterocycles. The van der Waals surface area contributed by atoms with E-state index in [0.29, 0.717) is 23.0 Å². The maximum Gasteiger partial charge on any atom is 0.417 e. The number of nitrogens with zero attached hydrogens (tertiary/aromatic N) is 2. The molecule has 0 unspecified atom stereocenters. The molecule has 1 aliphatic heterocycles. The second-order valence-corrected chi connectivity index (χ2v) is 5.59. The van der Waals surface area contributed by atoms with E-state index in [1.807, 2.05) is 0 Å². The molecule has 0 radical (unpaired) electrons. The Balaban J connectivity index is 1.98. The van der Waals surface area contributed by atoms with Gasteiger partial charge in [-0.15, -0.1) is 0 Å². The van der Waals surface area contributed by atoms with E-state index in [1.54, 1.807) is 24.1 Å². The van der Waals surface area contributed by atoms with Crippen LogP contribution in [0.3, 0.4) is 0 Å². The van der Waals surface area contributed by atoms with Gasteiger partial charge in [-0.25, -0.2) is 9.82 Å². The highest BCUT2D eigenvalue weighted by Crippen LogP contribution is 2.37. The number of carbonyl (C=O) groups excluding carboxylic acids is 1. The van der Waals surface area contributed by atoms with Gasteiger partial charge in [-0.05, 0) is 23.3 Å². The molecule has 130 valence electrons. The summed E-state index contributed by atoms with van der Waals surface area (Å²) in [7, 11) is 1.69. The van der Waals surface area contributed by atoms with Gasteiger partial charge in [-0.1, -0.05) is 30.3 Å². The van der Waals surface area contributed by atoms with Crippen molar-refractivity contribution in [2.24, 2.45) is 5.10 Å². The molecule has 4 nitrogen and oxygen atoms in total. The Kier molecular flexibility index (Phi) is 4.20. The number of hydrogen-bond acceptors (Lipinski definition) is 3. The quantitative estimate of drug-likeness (QED) is 0.845. The Morgan fingerprint density at radius 1 is 1.08 bits per heavy atom. The molecule has 2 aromatic rings. The van der Waals surface area contributed by atoms with Crippen molar-refractivity contribution in [3.63, 3.8) is 0 Å². The summed E-state index contributed by atoms with van der Waals surface area (Å²) in [6.45, 7) is 0.136. The molecular formula is C17H13F4N3O. The van der Waals surface area contributed by atoms with E-state index in [4.69, 9.17) is 0 Å². The lowest BCUT2D eigenvalue weighted by molar-refractivity contribution is -0.137. The number of hydrogen-bond donors (Lipinski definition) is 1. The van der Waals surface area contributed by atoms with Gasteiger partial charge in [0.05, 0.1) is 12.1 Å². The van der Waals surface area contributed by atoms with E-state index in [9.17, 15) is 22.4 Å². The highest BCUT2D eigenvalue weighted by molar-refractivity contribution is 6.02. The van der Waals surface area contributed by atoms with Crippen LogP contribution in [0.4, 0.5) is 17.6 Å². The molecule has 0 bridgehead atoms. The smallest absolute Gasteiger partial charge is 0.348 e. The second-order valence-electron chi connectivity index (χ2n) is 5.59. The molecule has 3 rings (SSSR count). The number of carbonyl (C=O) groups is 1. The molecule has 1 aliphatic rings. The number of benzene rings is 2. The number of likely N-dealkylation sites (N-methyl/N-ethyl adjacent to an activating group) is 1. The minimum absolute atomic E-state index is 0.104. The van der Waals surface area contributed by atoms with Gasteiger partial charge in [0.25, 0.3) is 5.91 Å². The SMILES string of the molecule is CN1CC(=O)NN=C1c1ccc(-c2ccc(F)cc2C(F)(F)F)cc1. The zero-order valence-corrected chi connectivity index (χ0v) is 13.1. The molecule has 8 heteroatoms. The van der Waals surface area contributed by atoms with Crippen molar-refractivity contribution >= 4 is 11.7 Å². The number of alkyl halides is 3. The molecule has 2 aromatic carbocycles. The van der Waals surface area contributed by atoms with Gasteiger partial charge in [0, 0.05) is 12.6 Å². The van der Waals surface area contributed by atoms with Crippen LogP contribution >= 0.6 is 0 Å². The summed E-state index contributed by atoms with van der Waals surface area (Å²) in [6, 6.07) is 8.80. The van der Waals surface area contributed by atoms with Gasteiger partial charge in [0.2, 0.25) is 0 Å². The Morgan fingerprint density at radius 3 is 2.32 bits per heavy atom. The fourth-order valence-corrected chi connectivity index (χ4v) is 2.61. The topological polar surface area (TPSA) is 44.7 Å².